The molecule has 6 aromatic heterocycles. The molecule has 0 saturated heterocycles. The molecule has 2 fully saturated rings. The topological polar surface area (TPSA) is 180 Å². The number of ether oxygens (including phenoxy) is 1. The second-order valence-corrected chi connectivity index (χ2v) is 14.9. The highest BCUT2D eigenvalue weighted by Gasteiger charge is 2.36. The van der Waals surface area contributed by atoms with E-state index in [1.54, 1.807) is 62.9 Å². The number of hydrogen-bond donors (Lipinski definition) is 2. The Kier molecular flexibility index (Phi) is 10.8. The van der Waals surface area contributed by atoms with Crippen LogP contribution in [0, 0.1) is 5.92 Å². The fourth-order valence-corrected chi connectivity index (χ4v) is 7.08. The Morgan fingerprint density at radius 2 is 1.23 bits per heavy atom. The maximum atomic E-state index is 12.9. The number of rotatable bonds is 11. The Morgan fingerprint density at radius 3 is 1.84 bits per heavy atom. The molecule has 2 amide bonds. The highest BCUT2D eigenvalue weighted by Crippen LogP contribution is 2.44. The zero-order valence-corrected chi connectivity index (χ0v) is 33.3. The zero-order chi connectivity index (χ0) is 41.7. The number of nitrogens with zero attached hydrogens (tertiary/aromatic N) is 10. The standard InChI is InChI=1S/C23H20N6O2.C23H20N6O/c1-31-23-19(6-3-10-25-23)15-9-11-24-20(13-15)22(30)27-17-5-2-4-16(12-17)21-28-26-14-29(21)18-7-8-18;1-15-10-21(15)29-14-26-28-22(29)17-4-2-6-19(11-17)27-23(30)20-12-16(7-9-25-20)18-5-3-8-24-13-18/h2-6,9-14,18H,7-8H2,1H3,(H,27,30);2-9,11-15,21H,10H2,1H3,(H,27,30)/t;15-,21-/m.0/s1. The third kappa shape index (κ3) is 8.76. The van der Waals surface area contributed by atoms with Crippen LogP contribution in [-0.2, 0) is 0 Å². The van der Waals surface area contributed by atoms with Gasteiger partial charge in [-0.15, -0.1) is 20.4 Å². The van der Waals surface area contributed by atoms with Crippen LogP contribution >= 0.6 is 0 Å². The molecule has 61 heavy (non-hydrogen) atoms. The van der Waals surface area contributed by atoms with Gasteiger partial charge in [0.1, 0.15) is 24.0 Å². The summed E-state index contributed by atoms with van der Waals surface area (Å²) in [5.41, 5.74) is 7.24. The molecule has 0 spiro atoms. The molecule has 8 aromatic rings. The first-order chi connectivity index (χ1) is 29.9. The maximum absolute atomic E-state index is 12.9. The fourth-order valence-electron chi connectivity index (χ4n) is 7.08. The Balaban J connectivity index is 0.000000156. The molecule has 0 aliphatic heterocycles. The van der Waals surface area contributed by atoms with Gasteiger partial charge in [-0.2, -0.15) is 0 Å². The third-order valence-corrected chi connectivity index (χ3v) is 10.5. The molecule has 2 saturated carbocycles. The first-order valence-corrected chi connectivity index (χ1v) is 19.9. The van der Waals surface area contributed by atoms with Gasteiger partial charge in [0.25, 0.3) is 11.8 Å². The van der Waals surface area contributed by atoms with Crippen molar-refractivity contribution in [1.82, 2.24) is 49.5 Å². The predicted molar refractivity (Wildman–Crippen MR) is 229 cm³/mol. The lowest BCUT2D eigenvalue weighted by Gasteiger charge is -2.10. The number of methoxy groups -OCH3 is 1. The summed E-state index contributed by atoms with van der Waals surface area (Å²) in [5, 5.41) is 22.5. The minimum absolute atomic E-state index is 0.268. The monoisotopic (exact) mass is 808 g/mol. The largest absolute Gasteiger partial charge is 0.481 e. The summed E-state index contributed by atoms with van der Waals surface area (Å²) >= 11 is 0. The first kappa shape index (κ1) is 38.6. The van der Waals surface area contributed by atoms with Gasteiger partial charge in [0.05, 0.1) is 7.11 Å². The van der Waals surface area contributed by atoms with Crippen LogP contribution in [-0.4, -0.2) is 68.4 Å². The van der Waals surface area contributed by atoms with Crippen molar-refractivity contribution in [2.45, 2.75) is 38.3 Å². The average Bonchev–Trinajstić information content (AvgIpc) is 4.17. The molecule has 302 valence electrons. The van der Waals surface area contributed by atoms with Crippen molar-refractivity contribution in [2.75, 3.05) is 17.7 Å². The van der Waals surface area contributed by atoms with E-state index in [-0.39, 0.29) is 11.8 Å². The summed E-state index contributed by atoms with van der Waals surface area (Å²) in [4.78, 5) is 42.5. The summed E-state index contributed by atoms with van der Waals surface area (Å²) in [5.74, 6) is 2.19. The molecule has 0 radical (unpaired) electrons. The smallest absolute Gasteiger partial charge is 0.274 e. The van der Waals surface area contributed by atoms with Crippen LogP contribution in [0.25, 0.3) is 45.0 Å². The lowest BCUT2D eigenvalue weighted by Crippen LogP contribution is -2.13. The van der Waals surface area contributed by atoms with Crippen molar-refractivity contribution in [3.63, 3.8) is 0 Å². The molecule has 2 N–H and O–H groups in total. The SMILES string of the molecule is COc1ncccc1-c1ccnc(C(=O)Nc2cccc(-c3nncn3C3CC3)c2)c1.C[C@H]1C[C@@H]1n1cnnc1-c1cccc(NC(=O)c2cc(-c3cccnc3)ccn2)c1. The van der Waals surface area contributed by atoms with Gasteiger partial charge in [-0.25, -0.2) is 4.98 Å². The van der Waals surface area contributed by atoms with Crippen molar-refractivity contribution < 1.29 is 14.3 Å². The second kappa shape index (κ2) is 17.1. The molecule has 2 atom stereocenters. The van der Waals surface area contributed by atoms with Crippen LogP contribution in [0.3, 0.4) is 0 Å². The molecule has 10 rings (SSSR count). The number of benzene rings is 2. The lowest BCUT2D eigenvalue weighted by atomic mass is 10.1. The molecule has 15 nitrogen and oxygen atoms in total. The zero-order valence-electron chi connectivity index (χ0n) is 33.3. The van der Waals surface area contributed by atoms with E-state index >= 15 is 0 Å². The van der Waals surface area contributed by atoms with Crippen LogP contribution in [0.4, 0.5) is 11.4 Å². The summed E-state index contributed by atoms with van der Waals surface area (Å²) in [6.07, 6.45) is 15.3. The molecule has 6 heterocycles. The number of carbonyl (C=O) groups is 2. The molecular formula is C46H40N12O3. The van der Waals surface area contributed by atoms with E-state index in [2.05, 4.69) is 67.0 Å². The van der Waals surface area contributed by atoms with Gasteiger partial charge in [0.2, 0.25) is 5.88 Å². The lowest BCUT2D eigenvalue weighted by molar-refractivity contribution is 0.101. The summed E-state index contributed by atoms with van der Waals surface area (Å²) in [6.45, 7) is 2.22. The molecule has 0 bridgehead atoms. The van der Waals surface area contributed by atoms with E-state index in [0.717, 1.165) is 64.3 Å². The van der Waals surface area contributed by atoms with Crippen molar-refractivity contribution in [1.29, 1.82) is 0 Å². The van der Waals surface area contributed by atoms with Crippen molar-refractivity contribution in [2.24, 2.45) is 5.92 Å². The van der Waals surface area contributed by atoms with E-state index < -0.39 is 0 Å². The van der Waals surface area contributed by atoms with Gasteiger partial charge < -0.3 is 24.5 Å². The quantitative estimate of drug-likeness (QED) is 0.129. The predicted octanol–water partition coefficient (Wildman–Crippen LogP) is 8.23. The third-order valence-electron chi connectivity index (χ3n) is 10.5. The Hall–Kier alpha value is -7.94. The Morgan fingerprint density at radius 1 is 0.639 bits per heavy atom. The normalized spacial score (nSPS) is 15.2. The van der Waals surface area contributed by atoms with E-state index in [4.69, 9.17) is 4.74 Å². The van der Waals surface area contributed by atoms with Crippen molar-refractivity contribution in [3.05, 3.63) is 152 Å². The number of carbonyl (C=O) groups excluding carboxylic acids is 2. The molecule has 2 aliphatic carbocycles. The van der Waals surface area contributed by atoms with Gasteiger partial charge in [0, 0.05) is 76.7 Å². The number of aromatic nitrogens is 10. The molecular weight excluding hydrogens is 769 g/mol. The van der Waals surface area contributed by atoms with Gasteiger partial charge in [-0.1, -0.05) is 37.3 Å². The van der Waals surface area contributed by atoms with Crippen LogP contribution in [0.1, 0.15) is 59.2 Å². The van der Waals surface area contributed by atoms with Gasteiger partial charge >= 0.3 is 0 Å². The number of anilines is 2. The minimum Gasteiger partial charge on any atom is -0.481 e. The van der Waals surface area contributed by atoms with E-state index in [9.17, 15) is 9.59 Å². The Labute approximate surface area is 351 Å². The molecule has 2 aliphatic rings. The van der Waals surface area contributed by atoms with Crippen molar-refractivity contribution >= 4 is 23.2 Å². The van der Waals surface area contributed by atoms with Gasteiger partial charge in [0.15, 0.2) is 11.6 Å². The highest BCUT2D eigenvalue weighted by atomic mass is 16.5. The number of pyridine rings is 4. The highest BCUT2D eigenvalue weighted by molar-refractivity contribution is 6.04. The minimum atomic E-state index is -0.300. The van der Waals surface area contributed by atoms with Crippen LogP contribution < -0.4 is 15.4 Å². The van der Waals surface area contributed by atoms with E-state index in [0.29, 0.717) is 46.6 Å². The molecule has 15 heteroatoms. The van der Waals surface area contributed by atoms with E-state index in [1.807, 2.05) is 84.9 Å². The van der Waals surface area contributed by atoms with Gasteiger partial charge in [-0.05, 0) is 103 Å². The molecule has 0 unspecified atom stereocenters. The maximum Gasteiger partial charge on any atom is 0.274 e. The van der Waals surface area contributed by atoms with Gasteiger partial charge in [-0.3, -0.25) is 24.5 Å². The summed E-state index contributed by atoms with van der Waals surface area (Å²) in [7, 11) is 1.57. The number of hydrogen-bond acceptors (Lipinski definition) is 11. The second-order valence-electron chi connectivity index (χ2n) is 14.9. The average molecular weight is 809 g/mol. The fraction of sp³-hybridized carbons (Fsp3) is 0.174. The summed E-state index contributed by atoms with van der Waals surface area (Å²) < 4.78 is 9.54. The Bertz CT molecular complexity index is 2840. The van der Waals surface area contributed by atoms with Crippen LogP contribution in [0.5, 0.6) is 5.88 Å². The van der Waals surface area contributed by atoms with Crippen LogP contribution in [0.15, 0.2) is 141 Å². The molecule has 2 aromatic carbocycles. The van der Waals surface area contributed by atoms with Crippen LogP contribution in [0.2, 0.25) is 0 Å². The summed E-state index contributed by atoms with van der Waals surface area (Å²) in [6, 6.07) is 30.9. The van der Waals surface area contributed by atoms with Crippen molar-refractivity contribution in [3.8, 4) is 50.9 Å². The number of amides is 2. The first-order valence-electron chi connectivity index (χ1n) is 19.9. The van der Waals surface area contributed by atoms with E-state index in [1.165, 1.54) is 0 Å². The number of nitrogens with one attached hydrogen (secondary N) is 2.